The van der Waals surface area contributed by atoms with Crippen molar-refractivity contribution in [3.8, 4) is 11.3 Å². The van der Waals surface area contributed by atoms with Gasteiger partial charge in [-0.15, -0.1) is 11.3 Å². The summed E-state index contributed by atoms with van der Waals surface area (Å²) in [5.41, 5.74) is 3.25. The van der Waals surface area contributed by atoms with E-state index < -0.39 is 0 Å². The summed E-state index contributed by atoms with van der Waals surface area (Å²) in [7, 11) is 0. The fourth-order valence-electron chi connectivity index (χ4n) is 2.99. The molecular formula is C20H14N4O3S. The quantitative estimate of drug-likeness (QED) is 0.418. The number of benzene rings is 1. The number of ether oxygens (including phenoxy) is 1. The summed E-state index contributed by atoms with van der Waals surface area (Å²) in [6.45, 7) is 0.463. The van der Waals surface area contributed by atoms with Gasteiger partial charge in [0.25, 0.3) is 5.91 Å². The number of aromatic nitrogens is 3. The summed E-state index contributed by atoms with van der Waals surface area (Å²) < 4.78 is 6.65. The van der Waals surface area contributed by atoms with E-state index in [1.807, 2.05) is 41.8 Å². The maximum atomic E-state index is 12.7. The van der Waals surface area contributed by atoms with Gasteiger partial charge in [-0.2, -0.15) is 5.10 Å². The number of epoxide rings is 1. The van der Waals surface area contributed by atoms with Crippen molar-refractivity contribution < 1.29 is 14.3 Å². The van der Waals surface area contributed by atoms with Gasteiger partial charge in [0, 0.05) is 17.4 Å². The number of anilines is 1. The number of carbonyl (C=O) groups is 2. The SMILES string of the molecule is O=C(c1cccs1)c1cnn2c(-c3cccc(NC(=O)C4CO4)c3)ccnc12. The average Bonchev–Trinajstić information content (AvgIpc) is 3.25. The van der Waals surface area contributed by atoms with Gasteiger partial charge < -0.3 is 10.1 Å². The van der Waals surface area contributed by atoms with Crippen LogP contribution in [0.3, 0.4) is 0 Å². The van der Waals surface area contributed by atoms with Gasteiger partial charge in [-0.25, -0.2) is 9.50 Å². The van der Waals surface area contributed by atoms with Gasteiger partial charge in [-0.3, -0.25) is 9.59 Å². The van der Waals surface area contributed by atoms with Crippen LogP contribution >= 0.6 is 11.3 Å². The van der Waals surface area contributed by atoms with Crippen LogP contribution < -0.4 is 5.32 Å². The van der Waals surface area contributed by atoms with Gasteiger partial charge in [-0.05, 0) is 29.6 Å². The lowest BCUT2D eigenvalue weighted by atomic mass is 10.1. The molecule has 4 heterocycles. The Morgan fingerprint density at radius 1 is 1.21 bits per heavy atom. The molecule has 4 aromatic rings. The second kappa shape index (κ2) is 6.66. The lowest BCUT2D eigenvalue weighted by Crippen LogP contribution is -2.17. The number of nitrogens with one attached hydrogen (secondary N) is 1. The van der Waals surface area contributed by atoms with E-state index >= 15 is 0 Å². The van der Waals surface area contributed by atoms with Gasteiger partial charge in [0.05, 0.1) is 28.9 Å². The highest BCUT2D eigenvalue weighted by Crippen LogP contribution is 2.26. The Labute approximate surface area is 163 Å². The van der Waals surface area contributed by atoms with Gasteiger partial charge >= 0.3 is 0 Å². The van der Waals surface area contributed by atoms with Crippen LogP contribution in [-0.2, 0) is 9.53 Å². The number of thiophene rings is 1. The maximum Gasteiger partial charge on any atom is 0.255 e. The van der Waals surface area contributed by atoms with Crippen molar-refractivity contribution >= 4 is 34.4 Å². The van der Waals surface area contributed by atoms with Crippen LogP contribution in [0.5, 0.6) is 0 Å². The molecule has 0 aliphatic carbocycles. The zero-order valence-corrected chi connectivity index (χ0v) is 15.3. The minimum Gasteiger partial charge on any atom is -0.363 e. The Balaban J connectivity index is 1.53. The Morgan fingerprint density at radius 2 is 2.11 bits per heavy atom. The van der Waals surface area contributed by atoms with Crippen LogP contribution in [0.2, 0.25) is 0 Å². The molecule has 1 N–H and O–H groups in total. The molecule has 1 aliphatic rings. The number of amides is 1. The molecule has 138 valence electrons. The number of hydrogen-bond donors (Lipinski definition) is 1. The van der Waals surface area contributed by atoms with Crippen molar-refractivity contribution in [3.05, 3.63) is 70.7 Å². The molecule has 1 atom stereocenters. The number of nitrogens with zero attached hydrogens (tertiary/aromatic N) is 3. The Kier molecular flexibility index (Phi) is 4.00. The standard InChI is InChI=1S/C20H14N4O3S/c25-18(17-5-2-8-28-17)14-10-22-24-15(6-7-21-19(14)24)12-3-1-4-13(9-12)23-20(26)16-11-27-16/h1-10,16H,11H2,(H,23,26). The van der Waals surface area contributed by atoms with E-state index in [2.05, 4.69) is 15.4 Å². The van der Waals surface area contributed by atoms with Crippen LogP contribution in [0.4, 0.5) is 5.69 Å². The molecule has 0 radical (unpaired) electrons. The highest BCUT2D eigenvalue weighted by Gasteiger charge is 2.31. The van der Waals surface area contributed by atoms with Gasteiger partial charge in [0.2, 0.25) is 5.78 Å². The maximum absolute atomic E-state index is 12.7. The molecule has 1 amide bonds. The van der Waals surface area contributed by atoms with Crippen LogP contribution in [0, 0.1) is 0 Å². The predicted molar refractivity (Wildman–Crippen MR) is 105 cm³/mol. The molecule has 0 bridgehead atoms. The minimum atomic E-state index is -0.353. The van der Waals surface area contributed by atoms with Crippen molar-refractivity contribution in [2.45, 2.75) is 6.10 Å². The van der Waals surface area contributed by atoms with E-state index in [1.54, 1.807) is 23.0 Å². The first-order chi connectivity index (χ1) is 13.7. The van der Waals surface area contributed by atoms with Crippen LogP contribution in [0.1, 0.15) is 15.2 Å². The van der Waals surface area contributed by atoms with Crippen molar-refractivity contribution in [3.63, 3.8) is 0 Å². The number of fused-ring (bicyclic) bond motifs is 1. The third-order valence-corrected chi connectivity index (χ3v) is 5.31. The van der Waals surface area contributed by atoms with Crippen LogP contribution in [0.15, 0.2) is 60.2 Å². The van der Waals surface area contributed by atoms with Crippen molar-refractivity contribution in [2.24, 2.45) is 0 Å². The Bertz CT molecular complexity index is 1200. The summed E-state index contributed by atoms with van der Waals surface area (Å²) in [5.74, 6) is -0.250. The molecule has 1 aliphatic heterocycles. The summed E-state index contributed by atoms with van der Waals surface area (Å²) >= 11 is 1.39. The van der Waals surface area contributed by atoms with Gasteiger partial charge in [-0.1, -0.05) is 18.2 Å². The molecule has 0 saturated carbocycles. The Hall–Kier alpha value is -3.36. The van der Waals surface area contributed by atoms with E-state index in [0.717, 1.165) is 11.3 Å². The predicted octanol–water partition coefficient (Wildman–Crippen LogP) is 3.03. The number of rotatable bonds is 5. The fourth-order valence-corrected chi connectivity index (χ4v) is 3.67. The van der Waals surface area contributed by atoms with Crippen molar-refractivity contribution in [1.82, 2.24) is 14.6 Å². The lowest BCUT2D eigenvalue weighted by Gasteiger charge is -2.08. The highest BCUT2D eigenvalue weighted by molar-refractivity contribution is 7.12. The largest absolute Gasteiger partial charge is 0.363 e. The molecule has 3 aromatic heterocycles. The van der Waals surface area contributed by atoms with Crippen LogP contribution in [0.25, 0.3) is 16.9 Å². The number of hydrogen-bond acceptors (Lipinski definition) is 6. The third kappa shape index (κ3) is 2.98. The van der Waals surface area contributed by atoms with Crippen molar-refractivity contribution in [1.29, 1.82) is 0 Å². The number of ketones is 1. The average molecular weight is 390 g/mol. The molecule has 0 spiro atoms. The summed E-state index contributed by atoms with van der Waals surface area (Å²) in [5, 5.41) is 9.09. The van der Waals surface area contributed by atoms with Gasteiger partial charge in [0.15, 0.2) is 11.8 Å². The monoisotopic (exact) mass is 390 g/mol. The molecular weight excluding hydrogens is 376 g/mol. The van der Waals surface area contributed by atoms with E-state index in [4.69, 9.17) is 4.74 Å². The van der Waals surface area contributed by atoms with E-state index in [9.17, 15) is 9.59 Å². The third-order valence-electron chi connectivity index (χ3n) is 4.44. The fraction of sp³-hybridized carbons (Fsp3) is 0.100. The Morgan fingerprint density at radius 3 is 2.89 bits per heavy atom. The molecule has 7 nitrogen and oxygen atoms in total. The smallest absolute Gasteiger partial charge is 0.255 e. The second-order valence-corrected chi connectivity index (χ2v) is 7.27. The molecule has 1 aromatic carbocycles. The van der Waals surface area contributed by atoms with E-state index in [0.29, 0.717) is 28.4 Å². The van der Waals surface area contributed by atoms with E-state index in [1.165, 1.54) is 11.3 Å². The molecule has 5 rings (SSSR count). The van der Waals surface area contributed by atoms with Gasteiger partial charge in [0.1, 0.15) is 0 Å². The lowest BCUT2D eigenvalue weighted by molar-refractivity contribution is -0.117. The molecule has 1 fully saturated rings. The first-order valence-corrected chi connectivity index (χ1v) is 9.52. The van der Waals surface area contributed by atoms with Crippen LogP contribution in [-0.4, -0.2) is 39.0 Å². The number of carbonyl (C=O) groups excluding carboxylic acids is 2. The molecule has 1 saturated heterocycles. The molecule has 8 heteroatoms. The molecule has 1 unspecified atom stereocenters. The zero-order valence-electron chi connectivity index (χ0n) is 14.5. The summed E-state index contributed by atoms with van der Waals surface area (Å²) in [6, 6.07) is 12.9. The van der Waals surface area contributed by atoms with E-state index in [-0.39, 0.29) is 17.8 Å². The first-order valence-electron chi connectivity index (χ1n) is 8.64. The summed E-state index contributed by atoms with van der Waals surface area (Å²) in [6.07, 6.45) is 2.85. The van der Waals surface area contributed by atoms with Crippen molar-refractivity contribution in [2.75, 3.05) is 11.9 Å². The normalized spacial score (nSPS) is 15.5. The topological polar surface area (TPSA) is 88.9 Å². The summed E-state index contributed by atoms with van der Waals surface area (Å²) in [4.78, 5) is 29.7. The zero-order chi connectivity index (χ0) is 19.1. The highest BCUT2D eigenvalue weighted by atomic mass is 32.1. The molecule has 28 heavy (non-hydrogen) atoms. The minimum absolute atomic E-state index is 0.0971. The second-order valence-electron chi connectivity index (χ2n) is 6.32. The first kappa shape index (κ1) is 16.8.